The predicted octanol–water partition coefficient (Wildman–Crippen LogP) is 9.47. The Morgan fingerprint density at radius 3 is 1.86 bits per heavy atom. The average Bonchev–Trinajstić information content (AvgIpc) is 3.60. The van der Waals surface area contributed by atoms with E-state index in [1.54, 1.807) is 0 Å². The fourth-order valence-electron chi connectivity index (χ4n) is 6.74. The van der Waals surface area contributed by atoms with Crippen LogP contribution in [0.5, 0.6) is 0 Å². The number of nitrogens with zero attached hydrogens (tertiary/aromatic N) is 4. The van der Waals surface area contributed by atoms with Crippen molar-refractivity contribution in [1.82, 2.24) is 14.5 Å². The number of hydrogen-bond donors (Lipinski definition) is 1. The summed E-state index contributed by atoms with van der Waals surface area (Å²) >= 11 is 0. The topological polar surface area (TPSA) is 48.4 Å². The van der Waals surface area contributed by atoms with Crippen LogP contribution >= 0.6 is 0 Å². The first-order valence-corrected chi connectivity index (χ1v) is 15.0. The molecule has 44 heavy (non-hydrogen) atoms. The van der Waals surface area contributed by atoms with E-state index in [9.17, 15) is 0 Å². The molecule has 210 valence electrons. The summed E-state index contributed by atoms with van der Waals surface area (Å²) in [5.74, 6) is 0.744. The molecule has 2 aromatic heterocycles. The molecule has 3 heterocycles. The summed E-state index contributed by atoms with van der Waals surface area (Å²) < 4.78 is 4.73. The fraction of sp³-hybridized carbons (Fsp3) is 0.0513. The maximum Gasteiger partial charge on any atom is 0.0934 e. The SMILES string of the molecule is c1ccc(C2=NC(c3ccccc3)NC(n3c4ccccc4c4cc5c6ccccc6n(-c6ccccc6)c5cc43)[N-]2)cc1. The standard InChI is InChI=1S/C39H28N5/c1-4-14-26(15-5-1)37-40-38(27-16-6-2-7-17-27)42-39(41-37)44-34-23-13-11-21-30(34)32-24-31-29-20-10-12-22-33(29)43(35(31)25-36(32)44)28-18-8-3-9-19-28/h1-25,37,39,41H/q-1. The molecule has 0 amide bonds. The van der Waals surface area contributed by atoms with Crippen LogP contribution in [0.3, 0.4) is 0 Å². The van der Waals surface area contributed by atoms with Gasteiger partial charge in [0.15, 0.2) is 0 Å². The summed E-state index contributed by atoms with van der Waals surface area (Å²) in [6, 6.07) is 53.4. The lowest BCUT2D eigenvalue weighted by molar-refractivity contribution is 0.413. The van der Waals surface area contributed by atoms with E-state index in [2.05, 4.69) is 142 Å². The molecular weight excluding hydrogens is 538 g/mol. The Kier molecular flexibility index (Phi) is 5.64. The van der Waals surface area contributed by atoms with E-state index in [-0.39, 0.29) is 12.5 Å². The van der Waals surface area contributed by atoms with Crippen molar-refractivity contribution in [3.8, 4) is 5.69 Å². The fourth-order valence-corrected chi connectivity index (χ4v) is 6.74. The van der Waals surface area contributed by atoms with Crippen LogP contribution in [0.1, 0.15) is 23.6 Å². The van der Waals surface area contributed by atoms with Crippen molar-refractivity contribution in [1.29, 1.82) is 0 Å². The number of fused-ring (bicyclic) bond motifs is 6. The van der Waals surface area contributed by atoms with Gasteiger partial charge >= 0.3 is 0 Å². The molecule has 5 nitrogen and oxygen atoms in total. The van der Waals surface area contributed by atoms with Crippen LogP contribution in [0.25, 0.3) is 54.6 Å². The molecule has 2 atom stereocenters. The van der Waals surface area contributed by atoms with Gasteiger partial charge in [0, 0.05) is 33.4 Å². The third-order valence-electron chi connectivity index (χ3n) is 8.71. The van der Waals surface area contributed by atoms with E-state index in [1.807, 2.05) is 24.3 Å². The summed E-state index contributed by atoms with van der Waals surface area (Å²) in [7, 11) is 0. The minimum absolute atomic E-state index is 0.246. The van der Waals surface area contributed by atoms with Gasteiger partial charge in [-0.25, -0.2) is 0 Å². The molecule has 0 aliphatic carbocycles. The molecule has 0 saturated carbocycles. The highest BCUT2D eigenvalue weighted by Crippen LogP contribution is 2.41. The zero-order chi connectivity index (χ0) is 29.0. The van der Waals surface area contributed by atoms with Crippen LogP contribution in [0.2, 0.25) is 0 Å². The molecule has 1 aliphatic rings. The molecule has 0 radical (unpaired) electrons. The van der Waals surface area contributed by atoms with Gasteiger partial charge in [-0.3, -0.25) is 5.32 Å². The zero-order valence-electron chi connectivity index (χ0n) is 23.9. The molecule has 5 heteroatoms. The second kappa shape index (κ2) is 9.97. The Labute approximate surface area is 254 Å². The lowest BCUT2D eigenvalue weighted by Crippen LogP contribution is -2.35. The van der Waals surface area contributed by atoms with Crippen molar-refractivity contribution in [2.24, 2.45) is 4.99 Å². The molecule has 2 unspecified atom stereocenters. The van der Waals surface area contributed by atoms with E-state index < -0.39 is 0 Å². The second-order valence-electron chi connectivity index (χ2n) is 11.3. The number of hydrogen-bond acceptors (Lipinski definition) is 2. The number of rotatable bonds is 4. The van der Waals surface area contributed by atoms with Crippen molar-refractivity contribution in [3.05, 3.63) is 168 Å². The van der Waals surface area contributed by atoms with E-state index in [0.29, 0.717) is 0 Å². The Morgan fingerprint density at radius 2 is 1.11 bits per heavy atom. The molecule has 8 aromatic rings. The number of para-hydroxylation sites is 3. The summed E-state index contributed by atoms with van der Waals surface area (Å²) in [6.45, 7) is 0. The summed E-state index contributed by atoms with van der Waals surface area (Å²) in [6.07, 6.45) is -0.619. The van der Waals surface area contributed by atoms with Gasteiger partial charge in [-0.1, -0.05) is 121 Å². The van der Waals surface area contributed by atoms with Gasteiger partial charge in [-0.2, -0.15) is 0 Å². The van der Waals surface area contributed by atoms with Gasteiger partial charge in [0.25, 0.3) is 0 Å². The number of benzene rings is 6. The summed E-state index contributed by atoms with van der Waals surface area (Å²) in [4.78, 5) is 5.10. The van der Waals surface area contributed by atoms with Crippen molar-refractivity contribution in [2.75, 3.05) is 0 Å². The van der Waals surface area contributed by atoms with E-state index in [4.69, 9.17) is 10.3 Å². The van der Waals surface area contributed by atoms with Crippen LogP contribution in [0.4, 0.5) is 0 Å². The lowest BCUT2D eigenvalue weighted by atomic mass is 10.1. The van der Waals surface area contributed by atoms with Crippen LogP contribution < -0.4 is 5.32 Å². The highest BCUT2D eigenvalue weighted by atomic mass is 15.4. The monoisotopic (exact) mass is 566 g/mol. The van der Waals surface area contributed by atoms with E-state index in [0.717, 1.165) is 33.7 Å². The first-order chi connectivity index (χ1) is 21.8. The van der Waals surface area contributed by atoms with Gasteiger partial charge < -0.3 is 19.4 Å². The molecule has 1 aliphatic heterocycles. The number of amidine groups is 1. The highest BCUT2D eigenvalue weighted by Gasteiger charge is 2.23. The summed E-state index contributed by atoms with van der Waals surface area (Å²) in [5.41, 5.74) is 7.88. The molecule has 0 saturated heterocycles. The Hall–Kier alpha value is -5.65. The Morgan fingerprint density at radius 1 is 0.523 bits per heavy atom. The third-order valence-corrected chi connectivity index (χ3v) is 8.71. The minimum atomic E-state index is -0.373. The first-order valence-electron chi connectivity index (χ1n) is 15.0. The van der Waals surface area contributed by atoms with Crippen molar-refractivity contribution in [2.45, 2.75) is 12.5 Å². The van der Waals surface area contributed by atoms with Crippen LogP contribution in [-0.4, -0.2) is 15.0 Å². The van der Waals surface area contributed by atoms with Gasteiger partial charge in [0.1, 0.15) is 0 Å². The van der Waals surface area contributed by atoms with Crippen molar-refractivity contribution >= 4 is 49.4 Å². The third kappa shape index (κ3) is 3.87. The Balaban J connectivity index is 1.32. The predicted molar refractivity (Wildman–Crippen MR) is 181 cm³/mol. The van der Waals surface area contributed by atoms with Crippen LogP contribution in [0, 0.1) is 0 Å². The van der Waals surface area contributed by atoms with Gasteiger partial charge in [-0.05, 0) is 47.5 Å². The highest BCUT2D eigenvalue weighted by molar-refractivity contribution is 6.19. The molecule has 0 fully saturated rings. The maximum atomic E-state index is 5.27. The minimum Gasteiger partial charge on any atom is -0.445 e. The zero-order valence-corrected chi connectivity index (χ0v) is 23.9. The van der Waals surface area contributed by atoms with Gasteiger partial charge in [0.05, 0.1) is 28.4 Å². The maximum absolute atomic E-state index is 5.27. The lowest BCUT2D eigenvalue weighted by Gasteiger charge is -2.41. The average molecular weight is 567 g/mol. The number of nitrogens with one attached hydrogen (secondary N) is 1. The van der Waals surface area contributed by atoms with Gasteiger partial charge in [0.2, 0.25) is 0 Å². The number of aromatic nitrogens is 2. The largest absolute Gasteiger partial charge is 0.445 e. The quantitative estimate of drug-likeness (QED) is 0.227. The van der Waals surface area contributed by atoms with Crippen LogP contribution in [-0.2, 0) is 0 Å². The smallest absolute Gasteiger partial charge is 0.0934 e. The van der Waals surface area contributed by atoms with Crippen molar-refractivity contribution in [3.63, 3.8) is 0 Å². The molecule has 1 N–H and O–H groups in total. The normalized spacial score (nSPS) is 16.9. The second-order valence-corrected chi connectivity index (χ2v) is 11.3. The summed E-state index contributed by atoms with van der Waals surface area (Å²) in [5, 5.41) is 13.9. The Bertz CT molecular complexity index is 2330. The van der Waals surface area contributed by atoms with Gasteiger partial charge in [-0.15, -0.1) is 0 Å². The van der Waals surface area contributed by atoms with E-state index in [1.165, 1.54) is 32.6 Å². The van der Waals surface area contributed by atoms with Crippen LogP contribution in [0.15, 0.2) is 157 Å². The van der Waals surface area contributed by atoms with Crippen molar-refractivity contribution < 1.29 is 0 Å². The van der Waals surface area contributed by atoms with E-state index >= 15 is 0 Å². The molecule has 9 rings (SSSR count). The number of aliphatic imine (C=N–C) groups is 1. The molecule has 0 spiro atoms. The molecular formula is C39H28N5-. The first kappa shape index (κ1) is 24.9. The molecule has 6 aromatic carbocycles. The molecule has 0 bridgehead atoms.